The molecule has 1 saturated heterocycles. The van der Waals surface area contributed by atoms with Gasteiger partial charge in [-0.05, 0) is 31.2 Å². The van der Waals surface area contributed by atoms with Crippen LogP contribution in [0.4, 0.5) is 11.4 Å². The summed E-state index contributed by atoms with van der Waals surface area (Å²) in [5.74, 6) is -0.269. The molecule has 3 rings (SSSR count). The van der Waals surface area contributed by atoms with E-state index in [1.807, 2.05) is 24.3 Å². The van der Waals surface area contributed by atoms with Crippen LogP contribution in [0, 0.1) is 0 Å². The number of aliphatic hydroxyl groups is 1. The number of benzene rings is 1. The first-order valence-electron chi connectivity index (χ1n) is 8.18. The highest BCUT2D eigenvalue weighted by Gasteiger charge is 2.20. The fourth-order valence-electron chi connectivity index (χ4n) is 2.52. The Bertz CT molecular complexity index is 708. The molecular weight excluding hydrogens is 324 g/mol. The lowest BCUT2D eigenvalue weighted by atomic mass is 10.2. The van der Waals surface area contributed by atoms with Gasteiger partial charge in [-0.25, -0.2) is 4.98 Å². The number of anilines is 2. The van der Waals surface area contributed by atoms with Crippen molar-refractivity contribution < 1.29 is 19.1 Å². The molecule has 2 heterocycles. The van der Waals surface area contributed by atoms with E-state index in [1.54, 1.807) is 0 Å². The van der Waals surface area contributed by atoms with Gasteiger partial charge in [-0.1, -0.05) is 0 Å². The summed E-state index contributed by atoms with van der Waals surface area (Å²) in [6.45, 7) is 4.70. The fourth-order valence-corrected chi connectivity index (χ4v) is 2.52. The smallest absolute Gasteiger partial charge is 0.277 e. The molecule has 2 unspecified atom stereocenters. The van der Waals surface area contributed by atoms with Gasteiger partial charge in [0.05, 0.1) is 19.3 Å². The van der Waals surface area contributed by atoms with Crippen LogP contribution in [-0.2, 0) is 4.74 Å². The summed E-state index contributed by atoms with van der Waals surface area (Å²) in [5, 5.41) is 12.2. The van der Waals surface area contributed by atoms with Crippen LogP contribution in [0.5, 0.6) is 0 Å². The third-order valence-electron chi connectivity index (χ3n) is 4.06. The quantitative estimate of drug-likeness (QED) is 0.744. The van der Waals surface area contributed by atoms with Gasteiger partial charge in [0, 0.05) is 24.5 Å². The first kappa shape index (κ1) is 17.4. The molecule has 0 radical (unpaired) electrons. The van der Waals surface area contributed by atoms with Gasteiger partial charge in [0.2, 0.25) is 5.89 Å². The molecule has 134 valence electrons. The van der Waals surface area contributed by atoms with Crippen LogP contribution >= 0.6 is 0 Å². The zero-order chi connectivity index (χ0) is 17.8. The van der Waals surface area contributed by atoms with Crippen molar-refractivity contribution in [1.29, 1.82) is 0 Å². The molecule has 0 saturated carbocycles. The normalized spacial score (nSPS) is 17.2. The highest BCUT2D eigenvalue weighted by atomic mass is 16.5. The minimum Gasteiger partial charge on any atom is -0.446 e. The average Bonchev–Trinajstić information content (AvgIpc) is 3.12. The SMILES string of the molecule is CC(O)C(N)c1nc(C(=O)Nc2ccc(N3CCOCC3)cc2)co1. The van der Waals surface area contributed by atoms with Crippen molar-refractivity contribution >= 4 is 17.3 Å². The largest absolute Gasteiger partial charge is 0.446 e. The molecule has 2 atom stereocenters. The Balaban J connectivity index is 1.63. The zero-order valence-electron chi connectivity index (χ0n) is 14.0. The number of aromatic nitrogens is 1. The molecule has 8 nitrogen and oxygen atoms in total. The van der Waals surface area contributed by atoms with Crippen molar-refractivity contribution in [1.82, 2.24) is 4.98 Å². The number of hydrogen-bond donors (Lipinski definition) is 3. The second-order valence-electron chi connectivity index (χ2n) is 5.94. The molecule has 0 aliphatic carbocycles. The lowest BCUT2D eigenvalue weighted by Crippen LogP contribution is -2.36. The van der Waals surface area contributed by atoms with Crippen molar-refractivity contribution in [3.05, 3.63) is 42.1 Å². The fraction of sp³-hybridized carbons (Fsp3) is 0.412. The predicted molar refractivity (Wildman–Crippen MR) is 92.5 cm³/mol. The first-order valence-corrected chi connectivity index (χ1v) is 8.18. The van der Waals surface area contributed by atoms with Crippen LogP contribution < -0.4 is 16.0 Å². The van der Waals surface area contributed by atoms with E-state index in [-0.39, 0.29) is 11.6 Å². The molecule has 0 spiro atoms. The first-order chi connectivity index (χ1) is 12.0. The second-order valence-corrected chi connectivity index (χ2v) is 5.94. The van der Waals surface area contributed by atoms with Crippen molar-refractivity contribution in [3.63, 3.8) is 0 Å². The molecule has 1 aliphatic rings. The summed E-state index contributed by atoms with van der Waals surface area (Å²) >= 11 is 0. The number of carbonyl (C=O) groups excluding carboxylic acids is 1. The molecule has 1 amide bonds. The summed E-state index contributed by atoms with van der Waals surface area (Å²) in [7, 11) is 0. The van der Waals surface area contributed by atoms with Gasteiger partial charge in [0.15, 0.2) is 5.69 Å². The molecule has 4 N–H and O–H groups in total. The number of hydrogen-bond acceptors (Lipinski definition) is 7. The molecule has 1 aromatic carbocycles. The maximum absolute atomic E-state index is 12.2. The van der Waals surface area contributed by atoms with E-state index < -0.39 is 18.1 Å². The third kappa shape index (κ3) is 4.16. The molecule has 25 heavy (non-hydrogen) atoms. The number of nitrogens with zero attached hydrogens (tertiary/aromatic N) is 2. The van der Waals surface area contributed by atoms with Gasteiger partial charge >= 0.3 is 0 Å². The molecule has 2 aromatic rings. The Hall–Kier alpha value is -2.42. The number of morpholine rings is 1. The molecular formula is C17H22N4O4. The number of amides is 1. The predicted octanol–water partition coefficient (Wildman–Crippen LogP) is 1.14. The minimum absolute atomic E-state index is 0.114. The number of ether oxygens (including phenoxy) is 1. The Morgan fingerprint density at radius 2 is 2.00 bits per heavy atom. The zero-order valence-corrected chi connectivity index (χ0v) is 14.0. The molecule has 1 fully saturated rings. The number of nitrogens with one attached hydrogen (secondary N) is 1. The van der Waals surface area contributed by atoms with Crippen LogP contribution in [-0.4, -0.2) is 48.4 Å². The topological polar surface area (TPSA) is 114 Å². The van der Waals surface area contributed by atoms with Gasteiger partial charge in [-0.3, -0.25) is 4.79 Å². The number of rotatable bonds is 5. The molecule has 1 aromatic heterocycles. The Labute approximate surface area is 145 Å². The number of aliphatic hydroxyl groups excluding tert-OH is 1. The lowest BCUT2D eigenvalue weighted by molar-refractivity contribution is 0.102. The lowest BCUT2D eigenvalue weighted by Gasteiger charge is -2.28. The maximum Gasteiger partial charge on any atom is 0.277 e. The van der Waals surface area contributed by atoms with Gasteiger partial charge in [0.25, 0.3) is 5.91 Å². The van der Waals surface area contributed by atoms with E-state index >= 15 is 0 Å². The third-order valence-corrected chi connectivity index (χ3v) is 4.06. The Kier molecular flexibility index (Phi) is 5.32. The molecule has 1 aliphatic heterocycles. The monoisotopic (exact) mass is 346 g/mol. The second kappa shape index (κ2) is 7.64. The summed E-state index contributed by atoms with van der Waals surface area (Å²) in [5.41, 5.74) is 7.60. The van der Waals surface area contributed by atoms with Gasteiger partial charge in [-0.15, -0.1) is 0 Å². The van der Waals surface area contributed by atoms with Crippen LogP contribution in [0.1, 0.15) is 29.3 Å². The highest BCUT2D eigenvalue weighted by Crippen LogP contribution is 2.20. The van der Waals surface area contributed by atoms with Crippen molar-refractivity contribution in [2.45, 2.75) is 19.1 Å². The van der Waals surface area contributed by atoms with Crippen LogP contribution in [0.15, 0.2) is 34.9 Å². The van der Waals surface area contributed by atoms with E-state index in [9.17, 15) is 9.90 Å². The number of oxazole rings is 1. The summed E-state index contributed by atoms with van der Waals surface area (Å²) in [4.78, 5) is 18.5. The van der Waals surface area contributed by atoms with E-state index in [2.05, 4.69) is 15.2 Å². The average molecular weight is 346 g/mol. The van der Waals surface area contributed by atoms with Gasteiger partial charge in [-0.2, -0.15) is 0 Å². The molecule has 8 heteroatoms. The van der Waals surface area contributed by atoms with E-state index in [4.69, 9.17) is 14.9 Å². The van der Waals surface area contributed by atoms with Crippen molar-refractivity contribution in [2.75, 3.05) is 36.5 Å². The Morgan fingerprint density at radius 3 is 2.64 bits per heavy atom. The summed E-state index contributed by atoms with van der Waals surface area (Å²) in [6, 6.07) is 6.82. The van der Waals surface area contributed by atoms with Crippen LogP contribution in [0.3, 0.4) is 0 Å². The number of carbonyl (C=O) groups is 1. The van der Waals surface area contributed by atoms with Crippen LogP contribution in [0.2, 0.25) is 0 Å². The molecule has 0 bridgehead atoms. The van der Waals surface area contributed by atoms with Crippen molar-refractivity contribution in [3.8, 4) is 0 Å². The minimum atomic E-state index is -0.817. The van der Waals surface area contributed by atoms with Crippen molar-refractivity contribution in [2.24, 2.45) is 5.73 Å². The standard InChI is InChI=1S/C17H22N4O4/c1-11(22)15(18)17-20-14(10-25-17)16(23)19-12-2-4-13(5-3-12)21-6-8-24-9-7-21/h2-5,10-11,15,22H,6-9,18H2,1H3,(H,19,23). The van der Waals surface area contributed by atoms with E-state index in [1.165, 1.54) is 13.2 Å². The van der Waals surface area contributed by atoms with E-state index in [0.717, 1.165) is 32.0 Å². The van der Waals surface area contributed by atoms with E-state index in [0.29, 0.717) is 5.69 Å². The maximum atomic E-state index is 12.2. The summed E-state index contributed by atoms with van der Waals surface area (Å²) in [6.07, 6.45) is 0.414. The summed E-state index contributed by atoms with van der Waals surface area (Å²) < 4.78 is 10.5. The van der Waals surface area contributed by atoms with Gasteiger partial charge in [0.1, 0.15) is 12.3 Å². The van der Waals surface area contributed by atoms with Crippen LogP contribution in [0.25, 0.3) is 0 Å². The van der Waals surface area contributed by atoms with Gasteiger partial charge < -0.3 is 30.2 Å². The highest BCUT2D eigenvalue weighted by molar-refractivity contribution is 6.02. The Morgan fingerprint density at radius 1 is 1.32 bits per heavy atom. The number of nitrogens with two attached hydrogens (primary N) is 1.